The summed E-state index contributed by atoms with van der Waals surface area (Å²) >= 11 is 0. The number of carbonyl (C=O) groups excluding carboxylic acids is 3. The van der Waals surface area contributed by atoms with E-state index >= 15 is 0 Å². The van der Waals surface area contributed by atoms with Crippen LogP contribution >= 0.6 is 0 Å². The van der Waals surface area contributed by atoms with Gasteiger partial charge >= 0.3 is 11.9 Å². The maximum absolute atomic E-state index is 13.5. The summed E-state index contributed by atoms with van der Waals surface area (Å²) in [5, 5.41) is 0. The molecule has 4 saturated carbocycles. The number of hydrogen-bond donors (Lipinski definition) is 0. The first kappa shape index (κ1) is 32.2. The van der Waals surface area contributed by atoms with Gasteiger partial charge in [0.15, 0.2) is 0 Å². The summed E-state index contributed by atoms with van der Waals surface area (Å²) in [5.74, 6) is 1.82. The molecule has 0 heterocycles. The van der Waals surface area contributed by atoms with E-state index in [4.69, 9.17) is 14.2 Å². The van der Waals surface area contributed by atoms with Crippen molar-refractivity contribution in [1.82, 2.24) is 0 Å². The minimum Gasteiger partial charge on any atom is -0.469 e. The second-order valence-corrected chi connectivity index (χ2v) is 14.9. The Bertz CT molecular complexity index is 1150. The van der Waals surface area contributed by atoms with Crippen LogP contribution in [-0.4, -0.2) is 43.1 Å². The molecule has 0 aromatic heterocycles. The van der Waals surface area contributed by atoms with Crippen molar-refractivity contribution < 1.29 is 28.6 Å². The van der Waals surface area contributed by atoms with Crippen molar-refractivity contribution in [3.63, 3.8) is 0 Å². The number of esters is 2. The van der Waals surface area contributed by atoms with Crippen LogP contribution in [0.4, 0.5) is 0 Å². The molecule has 8 unspecified atom stereocenters. The number of ether oxygens (including phenoxy) is 3. The molecule has 238 valence electrons. The van der Waals surface area contributed by atoms with E-state index in [1.54, 1.807) is 0 Å². The molecule has 0 aliphatic heterocycles. The third-order valence-electron chi connectivity index (χ3n) is 12.7. The van der Waals surface area contributed by atoms with Crippen LogP contribution in [0, 0.1) is 46.3 Å². The average Bonchev–Trinajstić information content (AvgIpc) is 3.35. The van der Waals surface area contributed by atoms with Crippen molar-refractivity contribution in [1.29, 1.82) is 0 Å². The van der Waals surface area contributed by atoms with E-state index in [9.17, 15) is 14.4 Å². The molecule has 0 radical (unpaired) electrons. The van der Waals surface area contributed by atoms with E-state index in [1.807, 2.05) is 30.3 Å². The van der Waals surface area contributed by atoms with Crippen molar-refractivity contribution in [3.05, 3.63) is 35.9 Å². The molecular formula is C37H54O6. The van der Waals surface area contributed by atoms with E-state index in [1.165, 1.54) is 7.11 Å². The molecule has 11 atom stereocenters. The lowest BCUT2D eigenvalue weighted by Crippen LogP contribution is -2.63. The molecular weight excluding hydrogens is 540 g/mol. The molecule has 1 aromatic rings. The largest absolute Gasteiger partial charge is 0.469 e. The molecule has 6 heteroatoms. The van der Waals surface area contributed by atoms with Crippen LogP contribution in [-0.2, 0) is 23.8 Å². The minimum atomic E-state index is -0.257. The maximum Gasteiger partial charge on any atom is 0.338 e. The SMILES string of the molecule is CCCC(C)O[C@H]1CC2C(C(OC(=O)c3ccccc3)CC3CC(=O)CC[C@@]32C)C2CCC(C(C)CCC(=O)OC)[C@]21C. The van der Waals surface area contributed by atoms with E-state index < -0.39 is 0 Å². The molecule has 4 aliphatic rings. The lowest BCUT2D eigenvalue weighted by atomic mass is 9.43. The number of Topliss-reactive ketones (excluding diaryl/α,β-unsaturated/α-hetero) is 1. The first-order valence-corrected chi connectivity index (χ1v) is 17.0. The van der Waals surface area contributed by atoms with Crippen LogP contribution in [0.5, 0.6) is 0 Å². The minimum absolute atomic E-state index is 0.0275. The number of hydrogen-bond acceptors (Lipinski definition) is 6. The smallest absolute Gasteiger partial charge is 0.338 e. The second kappa shape index (κ2) is 13.0. The third-order valence-corrected chi connectivity index (χ3v) is 12.7. The summed E-state index contributed by atoms with van der Waals surface area (Å²) in [6.45, 7) is 11.6. The number of carbonyl (C=O) groups is 3. The normalized spacial score (nSPS) is 38.3. The van der Waals surface area contributed by atoms with Crippen molar-refractivity contribution in [2.24, 2.45) is 46.3 Å². The molecule has 43 heavy (non-hydrogen) atoms. The lowest BCUT2D eigenvalue weighted by Gasteiger charge is -2.64. The standard InChI is InChI=1S/C37H54O6/c1-7-11-24(3)42-32-22-30-34(29-16-15-28(37(29,32)5)23(2)14-17-33(39)41-6)31(43-35(40)25-12-9-8-10-13-25)21-26-20-27(38)18-19-36(26,30)4/h8-10,12-13,23-24,26,28-32,34H,7,11,14-22H2,1-6H3/t23?,24?,26?,28?,29?,30?,31?,32-,34?,36-,37+/m0/s1. The van der Waals surface area contributed by atoms with Crippen molar-refractivity contribution >= 4 is 17.7 Å². The molecule has 0 spiro atoms. The van der Waals surface area contributed by atoms with Crippen LogP contribution < -0.4 is 0 Å². The highest BCUT2D eigenvalue weighted by atomic mass is 16.5. The van der Waals surface area contributed by atoms with Gasteiger partial charge < -0.3 is 14.2 Å². The molecule has 0 amide bonds. The molecule has 0 bridgehead atoms. The predicted molar refractivity (Wildman–Crippen MR) is 166 cm³/mol. The van der Waals surface area contributed by atoms with Crippen molar-refractivity contribution in [2.45, 2.75) is 124 Å². The van der Waals surface area contributed by atoms with Crippen molar-refractivity contribution in [2.75, 3.05) is 7.11 Å². The van der Waals surface area contributed by atoms with Gasteiger partial charge in [-0.25, -0.2) is 4.79 Å². The van der Waals surface area contributed by atoms with E-state index in [0.717, 1.165) is 51.4 Å². The van der Waals surface area contributed by atoms with E-state index in [0.29, 0.717) is 54.3 Å². The Labute approximate surface area is 259 Å². The fraction of sp³-hybridized carbons (Fsp3) is 0.757. The average molecular weight is 595 g/mol. The van der Waals surface area contributed by atoms with Crippen LogP contribution in [0.25, 0.3) is 0 Å². The number of rotatable bonds is 10. The molecule has 4 fully saturated rings. The van der Waals surface area contributed by atoms with Gasteiger partial charge in [0.1, 0.15) is 11.9 Å². The van der Waals surface area contributed by atoms with Crippen LogP contribution in [0.1, 0.15) is 116 Å². The van der Waals surface area contributed by atoms with Gasteiger partial charge in [-0.3, -0.25) is 9.59 Å². The zero-order chi connectivity index (χ0) is 30.9. The van der Waals surface area contributed by atoms with Gasteiger partial charge in [0.25, 0.3) is 0 Å². The zero-order valence-corrected chi connectivity index (χ0v) is 27.3. The summed E-state index contributed by atoms with van der Waals surface area (Å²) < 4.78 is 18.6. The van der Waals surface area contributed by atoms with Gasteiger partial charge in [-0.05, 0) is 99.0 Å². The monoisotopic (exact) mass is 594 g/mol. The van der Waals surface area contributed by atoms with Crippen LogP contribution in [0.2, 0.25) is 0 Å². The first-order chi connectivity index (χ1) is 20.5. The predicted octanol–water partition coefficient (Wildman–Crippen LogP) is 7.82. The fourth-order valence-corrected chi connectivity index (χ4v) is 10.4. The summed E-state index contributed by atoms with van der Waals surface area (Å²) in [6, 6.07) is 9.33. The summed E-state index contributed by atoms with van der Waals surface area (Å²) in [5.41, 5.74) is 0.518. The third kappa shape index (κ3) is 6.07. The van der Waals surface area contributed by atoms with E-state index in [-0.39, 0.29) is 52.9 Å². The molecule has 0 N–H and O–H groups in total. The van der Waals surface area contributed by atoms with Gasteiger partial charge in [0, 0.05) is 30.6 Å². The van der Waals surface area contributed by atoms with Crippen LogP contribution in [0.3, 0.4) is 0 Å². The Balaban J connectivity index is 1.52. The zero-order valence-electron chi connectivity index (χ0n) is 27.3. The van der Waals surface area contributed by atoms with Crippen molar-refractivity contribution in [3.8, 4) is 0 Å². The van der Waals surface area contributed by atoms with E-state index in [2.05, 4.69) is 34.6 Å². The van der Waals surface area contributed by atoms with Gasteiger partial charge in [-0.15, -0.1) is 0 Å². The van der Waals surface area contributed by atoms with Gasteiger partial charge in [-0.2, -0.15) is 0 Å². The second-order valence-electron chi connectivity index (χ2n) is 14.9. The highest BCUT2D eigenvalue weighted by Crippen LogP contribution is 2.69. The molecule has 4 aliphatic carbocycles. The Morgan fingerprint density at radius 3 is 2.47 bits per heavy atom. The molecule has 0 saturated heterocycles. The van der Waals surface area contributed by atoms with Gasteiger partial charge in [0.05, 0.1) is 24.9 Å². The number of ketones is 1. The summed E-state index contributed by atoms with van der Waals surface area (Å²) in [4.78, 5) is 38.4. The number of benzene rings is 1. The fourth-order valence-electron chi connectivity index (χ4n) is 10.4. The Morgan fingerprint density at radius 1 is 1.02 bits per heavy atom. The van der Waals surface area contributed by atoms with Gasteiger partial charge in [0.2, 0.25) is 0 Å². The molecule has 5 rings (SSSR count). The quantitative estimate of drug-likeness (QED) is 0.257. The topological polar surface area (TPSA) is 78.9 Å². The number of fused-ring (bicyclic) bond motifs is 5. The summed E-state index contributed by atoms with van der Waals surface area (Å²) in [7, 11) is 1.47. The van der Waals surface area contributed by atoms with Gasteiger partial charge in [-0.1, -0.05) is 52.3 Å². The highest BCUT2D eigenvalue weighted by Gasteiger charge is 2.67. The number of methoxy groups -OCH3 is 1. The maximum atomic E-state index is 13.5. The molecule has 1 aromatic carbocycles. The van der Waals surface area contributed by atoms with Crippen LogP contribution in [0.15, 0.2) is 30.3 Å². The Morgan fingerprint density at radius 2 is 1.77 bits per heavy atom. The Kier molecular flexibility index (Phi) is 9.75. The highest BCUT2D eigenvalue weighted by molar-refractivity contribution is 5.89. The Hall–Kier alpha value is -2.21. The molecule has 6 nitrogen and oxygen atoms in total. The lowest BCUT2D eigenvalue weighted by molar-refractivity contribution is -0.221. The first-order valence-electron chi connectivity index (χ1n) is 17.0. The summed E-state index contributed by atoms with van der Waals surface area (Å²) in [6.07, 6.45) is 9.40.